The Balaban J connectivity index is 1.74. The second kappa shape index (κ2) is 5.72. The zero-order chi connectivity index (χ0) is 15.7. The molecule has 0 radical (unpaired) electrons. The van der Waals surface area contributed by atoms with Gasteiger partial charge in [0.15, 0.2) is 0 Å². The molecule has 0 aliphatic heterocycles. The number of fused-ring (bicyclic) bond motifs is 1. The highest BCUT2D eigenvalue weighted by molar-refractivity contribution is 6.26. The Morgan fingerprint density at radius 1 is 0.783 bits per heavy atom. The molecule has 0 saturated carbocycles. The third kappa shape index (κ3) is 2.60. The summed E-state index contributed by atoms with van der Waals surface area (Å²) in [7, 11) is 0. The minimum Gasteiger partial charge on any atom is -0.109 e. The summed E-state index contributed by atoms with van der Waals surface area (Å²) < 4.78 is 0. The van der Waals surface area contributed by atoms with Gasteiger partial charge in [-0.05, 0) is 33.9 Å². The van der Waals surface area contributed by atoms with Gasteiger partial charge in [0.05, 0.1) is 4.87 Å². The van der Waals surface area contributed by atoms with Crippen LogP contribution in [-0.2, 0) is 4.87 Å². The Kier molecular flexibility index (Phi) is 3.55. The lowest BCUT2D eigenvalue weighted by Gasteiger charge is -2.27. The molecule has 0 amide bonds. The van der Waals surface area contributed by atoms with E-state index in [1.807, 2.05) is 6.07 Å². The van der Waals surface area contributed by atoms with Gasteiger partial charge in [-0.25, -0.2) is 0 Å². The van der Waals surface area contributed by atoms with Crippen LogP contribution < -0.4 is 0 Å². The van der Waals surface area contributed by atoms with Crippen molar-refractivity contribution in [2.75, 3.05) is 0 Å². The lowest BCUT2D eigenvalue weighted by molar-refractivity contribution is 0.773. The molecule has 3 aromatic rings. The Morgan fingerprint density at radius 2 is 1.52 bits per heavy atom. The first-order valence-corrected chi connectivity index (χ1v) is 8.26. The maximum absolute atomic E-state index is 7.00. The van der Waals surface area contributed by atoms with Crippen molar-refractivity contribution in [1.29, 1.82) is 0 Å². The van der Waals surface area contributed by atoms with E-state index in [0.29, 0.717) is 0 Å². The zero-order valence-corrected chi connectivity index (χ0v) is 13.5. The number of allylic oxidation sites excluding steroid dienone is 4. The van der Waals surface area contributed by atoms with Crippen LogP contribution in [0.25, 0.3) is 16.3 Å². The third-order valence-corrected chi connectivity index (χ3v) is 4.97. The molecule has 0 aromatic heterocycles. The molecular weight excluding hydrogens is 300 g/mol. The molecule has 1 aliphatic rings. The third-order valence-electron chi connectivity index (χ3n) is 4.49. The summed E-state index contributed by atoms with van der Waals surface area (Å²) in [5, 5.41) is 2.46. The van der Waals surface area contributed by atoms with Gasteiger partial charge in [-0.2, -0.15) is 0 Å². The van der Waals surface area contributed by atoms with Crippen molar-refractivity contribution in [2.45, 2.75) is 11.3 Å². The maximum atomic E-state index is 7.00. The topological polar surface area (TPSA) is 0 Å². The molecule has 0 fully saturated rings. The number of alkyl halides is 1. The van der Waals surface area contributed by atoms with E-state index in [1.54, 1.807) is 0 Å². The molecule has 0 bridgehead atoms. The van der Waals surface area contributed by atoms with Crippen molar-refractivity contribution in [3.8, 4) is 0 Å². The predicted octanol–water partition coefficient (Wildman–Crippen LogP) is 6.32. The second-order valence-electron chi connectivity index (χ2n) is 5.95. The van der Waals surface area contributed by atoms with Gasteiger partial charge in [-0.15, -0.1) is 11.6 Å². The van der Waals surface area contributed by atoms with E-state index >= 15 is 0 Å². The van der Waals surface area contributed by atoms with Crippen LogP contribution in [0.2, 0.25) is 0 Å². The van der Waals surface area contributed by atoms with Gasteiger partial charge in [0.1, 0.15) is 0 Å². The van der Waals surface area contributed by atoms with Crippen LogP contribution >= 0.6 is 11.6 Å². The van der Waals surface area contributed by atoms with Gasteiger partial charge in [0.25, 0.3) is 0 Å². The van der Waals surface area contributed by atoms with Crippen molar-refractivity contribution in [1.82, 2.24) is 0 Å². The van der Waals surface area contributed by atoms with Crippen LogP contribution in [0.15, 0.2) is 91.0 Å². The summed E-state index contributed by atoms with van der Waals surface area (Å²) in [6.07, 6.45) is 7.32. The fraction of sp³-hybridized carbons (Fsp3) is 0.0909. The lowest BCUT2D eigenvalue weighted by Crippen LogP contribution is -2.17. The number of benzene rings is 3. The molecule has 1 aliphatic carbocycles. The van der Waals surface area contributed by atoms with Gasteiger partial charge in [-0.1, -0.05) is 91.0 Å². The molecule has 23 heavy (non-hydrogen) atoms. The highest BCUT2D eigenvalue weighted by atomic mass is 35.5. The minimum absolute atomic E-state index is 0.473. The molecule has 4 rings (SSSR count). The molecule has 0 heterocycles. The van der Waals surface area contributed by atoms with E-state index in [2.05, 4.69) is 85.0 Å². The molecule has 0 spiro atoms. The Hall–Kier alpha value is -2.31. The first-order valence-electron chi connectivity index (χ1n) is 7.88. The van der Waals surface area contributed by atoms with Gasteiger partial charge in [0.2, 0.25) is 0 Å². The van der Waals surface area contributed by atoms with E-state index in [9.17, 15) is 0 Å². The normalized spacial score (nSPS) is 20.5. The van der Waals surface area contributed by atoms with E-state index in [0.717, 1.165) is 6.42 Å². The summed E-state index contributed by atoms with van der Waals surface area (Å²) in [4.78, 5) is -0.473. The zero-order valence-electron chi connectivity index (χ0n) is 12.7. The molecule has 0 saturated heterocycles. The fourth-order valence-electron chi connectivity index (χ4n) is 3.25. The van der Waals surface area contributed by atoms with Gasteiger partial charge in [-0.3, -0.25) is 0 Å². The van der Waals surface area contributed by atoms with Crippen molar-refractivity contribution < 1.29 is 0 Å². The summed E-state index contributed by atoms with van der Waals surface area (Å²) in [5.74, 6) is 0. The Morgan fingerprint density at radius 3 is 2.30 bits per heavy atom. The lowest BCUT2D eigenvalue weighted by atomic mass is 9.85. The Bertz CT molecular complexity index is 900. The van der Waals surface area contributed by atoms with E-state index < -0.39 is 4.87 Å². The summed E-state index contributed by atoms with van der Waals surface area (Å²) >= 11 is 7.00. The standard InChI is InChI=1S/C22H17Cl/c23-22(21-12-6-10-19-9-4-5-11-20(19)21)15-13-18(14-16-22)17-7-2-1-3-8-17/h1-15H,16H2. The molecule has 0 nitrogen and oxygen atoms in total. The van der Waals surface area contributed by atoms with Crippen LogP contribution in [0.3, 0.4) is 0 Å². The fourth-order valence-corrected chi connectivity index (χ4v) is 3.55. The van der Waals surface area contributed by atoms with Crippen LogP contribution in [-0.4, -0.2) is 0 Å². The molecule has 0 N–H and O–H groups in total. The van der Waals surface area contributed by atoms with Gasteiger partial charge in [0, 0.05) is 0 Å². The molecule has 1 heteroatoms. The molecule has 112 valence electrons. The van der Waals surface area contributed by atoms with E-state index in [-0.39, 0.29) is 0 Å². The van der Waals surface area contributed by atoms with Crippen LogP contribution in [0.5, 0.6) is 0 Å². The van der Waals surface area contributed by atoms with Crippen molar-refractivity contribution in [2.24, 2.45) is 0 Å². The van der Waals surface area contributed by atoms with Crippen LogP contribution in [0.4, 0.5) is 0 Å². The van der Waals surface area contributed by atoms with Gasteiger partial charge >= 0.3 is 0 Å². The molecule has 3 aromatic carbocycles. The molecular formula is C22H17Cl. The largest absolute Gasteiger partial charge is 0.109 e. The monoisotopic (exact) mass is 316 g/mol. The first kappa shape index (κ1) is 14.3. The highest BCUT2D eigenvalue weighted by Gasteiger charge is 2.29. The average Bonchev–Trinajstić information content (AvgIpc) is 2.62. The van der Waals surface area contributed by atoms with Crippen molar-refractivity contribution in [3.05, 3.63) is 102 Å². The van der Waals surface area contributed by atoms with Crippen molar-refractivity contribution >= 4 is 27.9 Å². The average molecular weight is 317 g/mol. The number of hydrogen-bond acceptors (Lipinski definition) is 0. The minimum atomic E-state index is -0.473. The smallest absolute Gasteiger partial charge is 0.0918 e. The quantitative estimate of drug-likeness (QED) is 0.485. The van der Waals surface area contributed by atoms with Gasteiger partial charge < -0.3 is 0 Å². The second-order valence-corrected chi connectivity index (χ2v) is 6.63. The highest BCUT2D eigenvalue weighted by Crippen LogP contribution is 2.42. The predicted molar refractivity (Wildman–Crippen MR) is 99.7 cm³/mol. The Labute approximate surface area is 141 Å². The van der Waals surface area contributed by atoms with Crippen LogP contribution in [0, 0.1) is 0 Å². The first-order chi connectivity index (χ1) is 11.3. The van der Waals surface area contributed by atoms with Crippen molar-refractivity contribution in [3.63, 3.8) is 0 Å². The number of hydrogen-bond donors (Lipinski definition) is 0. The summed E-state index contributed by atoms with van der Waals surface area (Å²) in [5.41, 5.74) is 3.65. The number of halogens is 1. The molecule has 1 atom stereocenters. The maximum Gasteiger partial charge on any atom is 0.0918 e. The molecule has 1 unspecified atom stereocenters. The van der Waals surface area contributed by atoms with Crippen LogP contribution in [0.1, 0.15) is 17.5 Å². The summed E-state index contributed by atoms with van der Waals surface area (Å²) in [6.45, 7) is 0. The number of rotatable bonds is 2. The SMILES string of the molecule is ClC1(c2cccc3ccccc23)C=CC(c2ccccc2)=CC1. The summed E-state index contributed by atoms with van der Waals surface area (Å²) in [6, 6.07) is 25.2. The van der Waals surface area contributed by atoms with E-state index in [1.165, 1.54) is 27.5 Å². The van der Waals surface area contributed by atoms with E-state index in [4.69, 9.17) is 11.6 Å².